The summed E-state index contributed by atoms with van der Waals surface area (Å²) in [5.41, 5.74) is 0.763. The van der Waals surface area contributed by atoms with Gasteiger partial charge in [-0.1, -0.05) is 19.4 Å². The van der Waals surface area contributed by atoms with E-state index in [1.54, 1.807) is 0 Å². The summed E-state index contributed by atoms with van der Waals surface area (Å²) >= 11 is 1.94. The van der Waals surface area contributed by atoms with Crippen LogP contribution in [0.2, 0.25) is 0 Å². The molecule has 0 aromatic rings. The molecule has 1 aliphatic carbocycles. The van der Waals surface area contributed by atoms with Crippen molar-refractivity contribution in [2.75, 3.05) is 19.9 Å². The van der Waals surface area contributed by atoms with E-state index >= 15 is 0 Å². The smallest absolute Gasteiger partial charge is 0.333 e. The maximum atomic E-state index is 11.4. The maximum Gasteiger partial charge on any atom is 0.333 e. The van der Waals surface area contributed by atoms with Gasteiger partial charge in [-0.2, -0.15) is 11.8 Å². The van der Waals surface area contributed by atoms with Crippen LogP contribution in [0.3, 0.4) is 0 Å². The number of ether oxygens (including phenoxy) is 1. The van der Waals surface area contributed by atoms with Gasteiger partial charge >= 0.3 is 5.97 Å². The average molecular weight is 257 g/mol. The molecule has 4 heteroatoms. The number of hydrogen-bond donors (Lipinski definition) is 1. The van der Waals surface area contributed by atoms with E-state index in [4.69, 9.17) is 4.74 Å². The molecule has 17 heavy (non-hydrogen) atoms. The van der Waals surface area contributed by atoms with Gasteiger partial charge in [0.25, 0.3) is 0 Å². The summed E-state index contributed by atoms with van der Waals surface area (Å²) in [6.07, 6.45) is 8.72. The second kappa shape index (κ2) is 7.77. The first-order valence-corrected chi connectivity index (χ1v) is 7.55. The summed E-state index contributed by atoms with van der Waals surface area (Å²) in [7, 11) is 1.43. The first kappa shape index (κ1) is 14.6. The van der Waals surface area contributed by atoms with Crippen LogP contribution in [0.25, 0.3) is 0 Å². The van der Waals surface area contributed by atoms with Crippen LogP contribution in [-0.4, -0.2) is 37.2 Å². The van der Waals surface area contributed by atoms with Gasteiger partial charge in [0.1, 0.15) is 0 Å². The molecule has 1 rings (SSSR count). The van der Waals surface area contributed by atoms with Crippen molar-refractivity contribution in [2.45, 2.75) is 43.9 Å². The van der Waals surface area contributed by atoms with Crippen molar-refractivity contribution in [1.82, 2.24) is 5.32 Å². The highest BCUT2D eigenvalue weighted by atomic mass is 32.2. The van der Waals surface area contributed by atoms with Gasteiger partial charge < -0.3 is 10.1 Å². The number of rotatable bonds is 6. The zero-order chi connectivity index (χ0) is 12.7. The van der Waals surface area contributed by atoms with Crippen LogP contribution >= 0.6 is 11.8 Å². The Morgan fingerprint density at radius 1 is 1.53 bits per heavy atom. The molecule has 98 valence electrons. The topological polar surface area (TPSA) is 38.3 Å². The van der Waals surface area contributed by atoms with Crippen LogP contribution in [0.1, 0.15) is 32.6 Å². The van der Waals surface area contributed by atoms with E-state index in [2.05, 4.69) is 11.6 Å². The quantitative estimate of drug-likeness (QED) is 0.585. The van der Waals surface area contributed by atoms with Crippen molar-refractivity contribution < 1.29 is 9.53 Å². The summed E-state index contributed by atoms with van der Waals surface area (Å²) in [6.45, 7) is 2.74. The largest absolute Gasteiger partial charge is 0.466 e. The van der Waals surface area contributed by atoms with E-state index in [0.29, 0.717) is 6.04 Å². The van der Waals surface area contributed by atoms with Gasteiger partial charge in [0, 0.05) is 23.4 Å². The number of carbonyl (C=O) groups is 1. The molecule has 2 unspecified atom stereocenters. The van der Waals surface area contributed by atoms with Crippen molar-refractivity contribution in [3.8, 4) is 0 Å². The normalized spacial score (nSPS) is 25.0. The summed E-state index contributed by atoms with van der Waals surface area (Å²) < 4.78 is 4.73. The molecule has 1 fully saturated rings. The Hall–Kier alpha value is -0.480. The lowest BCUT2D eigenvalue weighted by Crippen LogP contribution is -2.34. The fourth-order valence-corrected chi connectivity index (χ4v) is 3.24. The Morgan fingerprint density at radius 3 is 2.88 bits per heavy atom. The second-order valence-corrected chi connectivity index (χ2v) is 5.37. The average Bonchev–Trinajstić information content (AvgIpc) is 2.81. The zero-order valence-electron chi connectivity index (χ0n) is 11.0. The number of nitrogens with one attached hydrogen (secondary N) is 1. The van der Waals surface area contributed by atoms with Gasteiger partial charge in [-0.25, -0.2) is 4.79 Å². The molecule has 1 aliphatic rings. The fourth-order valence-electron chi connectivity index (χ4n) is 2.28. The van der Waals surface area contributed by atoms with Gasteiger partial charge in [-0.15, -0.1) is 0 Å². The third-order valence-corrected chi connectivity index (χ3v) is 4.48. The van der Waals surface area contributed by atoms with E-state index in [0.717, 1.165) is 23.8 Å². The monoisotopic (exact) mass is 257 g/mol. The minimum atomic E-state index is -0.206. The van der Waals surface area contributed by atoms with Crippen molar-refractivity contribution in [3.05, 3.63) is 11.6 Å². The van der Waals surface area contributed by atoms with Gasteiger partial charge in [-0.3, -0.25) is 0 Å². The van der Waals surface area contributed by atoms with Gasteiger partial charge in [-0.05, 0) is 25.5 Å². The summed E-state index contributed by atoms with van der Waals surface area (Å²) in [4.78, 5) is 11.4. The molecule has 0 aromatic heterocycles. The van der Waals surface area contributed by atoms with E-state index in [9.17, 15) is 4.79 Å². The van der Waals surface area contributed by atoms with Crippen LogP contribution in [0.15, 0.2) is 11.6 Å². The minimum absolute atomic E-state index is 0.206. The first-order chi connectivity index (χ1) is 8.22. The molecule has 0 aromatic carbocycles. The molecule has 0 amide bonds. The number of hydrogen-bond acceptors (Lipinski definition) is 4. The van der Waals surface area contributed by atoms with Crippen molar-refractivity contribution >= 4 is 17.7 Å². The lowest BCUT2D eigenvalue weighted by molar-refractivity contribution is -0.136. The molecular formula is C13H23NO2S. The van der Waals surface area contributed by atoms with Crippen LogP contribution in [0, 0.1) is 0 Å². The summed E-state index contributed by atoms with van der Waals surface area (Å²) in [5, 5.41) is 4.25. The van der Waals surface area contributed by atoms with Crippen LogP contribution < -0.4 is 5.32 Å². The van der Waals surface area contributed by atoms with E-state index < -0.39 is 0 Å². The Labute approximate surface area is 108 Å². The molecule has 0 heterocycles. The van der Waals surface area contributed by atoms with Gasteiger partial charge in [0.2, 0.25) is 0 Å². The predicted octanol–water partition coefficient (Wildman–Crippen LogP) is 2.37. The highest BCUT2D eigenvalue weighted by Crippen LogP contribution is 2.28. The molecule has 3 nitrogen and oxygen atoms in total. The van der Waals surface area contributed by atoms with Gasteiger partial charge in [0.15, 0.2) is 0 Å². The van der Waals surface area contributed by atoms with Crippen molar-refractivity contribution in [1.29, 1.82) is 0 Å². The molecule has 0 bridgehead atoms. The minimum Gasteiger partial charge on any atom is -0.466 e. The molecule has 0 radical (unpaired) electrons. The highest BCUT2D eigenvalue weighted by Gasteiger charge is 2.25. The Balaban J connectivity index is 2.39. The molecule has 1 saturated carbocycles. The van der Waals surface area contributed by atoms with E-state index in [1.165, 1.54) is 26.4 Å². The van der Waals surface area contributed by atoms with Crippen LogP contribution in [0.5, 0.6) is 0 Å². The molecule has 0 aliphatic heterocycles. The zero-order valence-corrected chi connectivity index (χ0v) is 11.8. The molecule has 0 spiro atoms. The lowest BCUT2D eigenvalue weighted by Gasteiger charge is -2.18. The molecule has 0 saturated heterocycles. The van der Waals surface area contributed by atoms with E-state index in [-0.39, 0.29) is 5.97 Å². The van der Waals surface area contributed by atoms with Crippen molar-refractivity contribution in [3.63, 3.8) is 0 Å². The number of esters is 1. The van der Waals surface area contributed by atoms with Gasteiger partial charge in [0.05, 0.1) is 7.11 Å². The highest BCUT2D eigenvalue weighted by molar-refractivity contribution is 7.99. The molecular weight excluding hydrogens is 234 g/mol. The number of methoxy groups -OCH3 is 1. The standard InChI is InChI=1S/C13H23NO2S/c1-4-10(13(15)16-2)8-9-14-11-6-5-7-12(11)17-3/h8,11-12,14H,4-7,9H2,1-3H3. The van der Waals surface area contributed by atoms with E-state index in [1.807, 2.05) is 24.8 Å². The van der Waals surface area contributed by atoms with Crippen LogP contribution in [-0.2, 0) is 9.53 Å². The predicted molar refractivity (Wildman–Crippen MR) is 73.3 cm³/mol. The van der Waals surface area contributed by atoms with Crippen molar-refractivity contribution in [2.24, 2.45) is 0 Å². The SMILES string of the molecule is CCC(=CCNC1CCCC1SC)C(=O)OC. The summed E-state index contributed by atoms with van der Waals surface area (Å²) in [6, 6.07) is 0.594. The Bertz CT molecular complexity index is 279. The Morgan fingerprint density at radius 2 is 2.29 bits per heavy atom. The second-order valence-electron chi connectivity index (χ2n) is 4.29. The summed E-state index contributed by atoms with van der Waals surface area (Å²) in [5.74, 6) is -0.206. The third kappa shape index (κ3) is 4.36. The number of thioether (sulfide) groups is 1. The fraction of sp³-hybridized carbons (Fsp3) is 0.769. The third-order valence-electron chi connectivity index (χ3n) is 3.31. The molecule has 2 atom stereocenters. The first-order valence-electron chi connectivity index (χ1n) is 6.26. The Kier molecular flexibility index (Phi) is 6.66. The van der Waals surface area contributed by atoms with Crippen LogP contribution in [0.4, 0.5) is 0 Å². The molecule has 1 N–H and O–H groups in total. The lowest BCUT2D eigenvalue weighted by atomic mass is 10.2. The maximum absolute atomic E-state index is 11.4. The number of carbonyl (C=O) groups excluding carboxylic acids is 1.